The molecule has 1 unspecified atom stereocenters. The quantitative estimate of drug-likeness (QED) is 0.599. The number of halogens is 3. The molecule has 12 heteroatoms. The highest BCUT2D eigenvalue weighted by molar-refractivity contribution is 5.80. The number of aliphatic carboxylic acids is 1. The molecule has 2 fully saturated rings. The number of carboxylic acids is 1. The Morgan fingerprint density at radius 2 is 1.82 bits per heavy atom. The molecule has 2 aliphatic rings. The maximum absolute atomic E-state index is 12.6. The van der Waals surface area contributed by atoms with Gasteiger partial charge in [0.15, 0.2) is 0 Å². The number of methoxy groups -OCH3 is 1. The summed E-state index contributed by atoms with van der Waals surface area (Å²) in [6.45, 7) is 8.17. The third-order valence-electron chi connectivity index (χ3n) is 5.47. The van der Waals surface area contributed by atoms with Crippen LogP contribution in [0, 0.1) is 5.41 Å². The lowest BCUT2D eigenvalue weighted by Gasteiger charge is -2.33. The second-order valence-corrected chi connectivity index (χ2v) is 8.84. The highest BCUT2D eigenvalue weighted by Gasteiger charge is 2.44. The predicted octanol–water partition coefficient (Wildman–Crippen LogP) is 2.07. The van der Waals surface area contributed by atoms with Gasteiger partial charge in [0.1, 0.15) is 5.75 Å². The minimum Gasteiger partial charge on any atom is -0.497 e. The number of urea groups is 1. The van der Waals surface area contributed by atoms with E-state index in [2.05, 4.69) is 27.7 Å². The third kappa shape index (κ3) is 8.08. The van der Waals surface area contributed by atoms with Gasteiger partial charge in [0, 0.05) is 57.1 Å². The molecule has 2 aliphatic heterocycles. The minimum atomic E-state index is -5.08. The highest BCUT2D eigenvalue weighted by Crippen LogP contribution is 2.31. The van der Waals surface area contributed by atoms with Gasteiger partial charge in [0.2, 0.25) is 5.91 Å². The molecule has 1 aromatic rings. The van der Waals surface area contributed by atoms with Crippen LogP contribution in [-0.4, -0.2) is 84.9 Å². The average molecular weight is 489 g/mol. The Hall–Kier alpha value is -3.02. The summed E-state index contributed by atoms with van der Waals surface area (Å²) < 4.78 is 37.0. The van der Waals surface area contributed by atoms with E-state index in [4.69, 9.17) is 14.6 Å². The lowest BCUT2D eigenvalue weighted by atomic mass is 9.86. The molecule has 3 rings (SSSR count). The molecular weight excluding hydrogens is 457 g/mol. The van der Waals surface area contributed by atoms with Crippen LogP contribution in [0.25, 0.3) is 0 Å². The maximum atomic E-state index is 12.6. The van der Waals surface area contributed by atoms with Crippen LogP contribution in [0.1, 0.15) is 25.8 Å². The van der Waals surface area contributed by atoms with E-state index in [1.807, 2.05) is 30.9 Å². The van der Waals surface area contributed by atoms with Crippen molar-refractivity contribution >= 4 is 17.9 Å². The van der Waals surface area contributed by atoms with Gasteiger partial charge in [-0.25, -0.2) is 9.59 Å². The number of hydrogen-bond acceptors (Lipinski definition) is 5. The van der Waals surface area contributed by atoms with Crippen LogP contribution in [0.2, 0.25) is 0 Å². The van der Waals surface area contributed by atoms with E-state index >= 15 is 0 Å². The van der Waals surface area contributed by atoms with Crippen molar-refractivity contribution in [1.82, 2.24) is 20.4 Å². The first-order valence-corrected chi connectivity index (χ1v) is 10.8. The smallest absolute Gasteiger partial charge is 0.490 e. The Morgan fingerprint density at radius 1 is 1.21 bits per heavy atom. The van der Waals surface area contributed by atoms with Gasteiger partial charge in [0.05, 0.1) is 7.11 Å². The monoisotopic (exact) mass is 488 g/mol. The molecule has 0 saturated carbocycles. The Bertz CT molecular complexity index is 863. The number of carbonyl (C=O) groups excluding carboxylic acids is 2. The molecule has 1 aromatic carbocycles. The fraction of sp³-hybridized carbons (Fsp3) is 0.591. The van der Waals surface area contributed by atoms with E-state index < -0.39 is 12.1 Å². The second kappa shape index (κ2) is 11.4. The summed E-state index contributed by atoms with van der Waals surface area (Å²) in [7, 11) is 1.66. The molecule has 3 amide bonds. The molecule has 2 saturated heterocycles. The SMILES string of the molecule is COc1ccc(CN2CCN(C(=O)NC(C)C)CC3(CNC(=O)C3)C2)cc1.O=C(O)C(F)(F)F. The molecule has 1 spiro atoms. The van der Waals surface area contributed by atoms with Gasteiger partial charge < -0.3 is 25.4 Å². The molecule has 9 nitrogen and oxygen atoms in total. The van der Waals surface area contributed by atoms with Gasteiger partial charge in [0.25, 0.3) is 0 Å². The van der Waals surface area contributed by atoms with Crippen molar-refractivity contribution < 1.29 is 37.4 Å². The Labute approximate surface area is 196 Å². The van der Waals surface area contributed by atoms with E-state index in [0.717, 1.165) is 25.4 Å². The van der Waals surface area contributed by atoms with Crippen LogP contribution in [0.3, 0.4) is 0 Å². The van der Waals surface area contributed by atoms with Crippen molar-refractivity contribution in [2.24, 2.45) is 5.41 Å². The fourth-order valence-electron chi connectivity index (χ4n) is 3.96. The molecule has 0 bridgehead atoms. The van der Waals surface area contributed by atoms with Crippen LogP contribution >= 0.6 is 0 Å². The van der Waals surface area contributed by atoms with Crippen LogP contribution in [0.15, 0.2) is 24.3 Å². The summed E-state index contributed by atoms with van der Waals surface area (Å²) >= 11 is 0. The number of carboxylic acid groups (broad SMARTS) is 1. The topological polar surface area (TPSA) is 111 Å². The first-order chi connectivity index (χ1) is 15.8. The largest absolute Gasteiger partial charge is 0.497 e. The zero-order valence-electron chi connectivity index (χ0n) is 19.4. The molecule has 3 N–H and O–H groups in total. The maximum Gasteiger partial charge on any atom is 0.490 e. The predicted molar refractivity (Wildman–Crippen MR) is 117 cm³/mol. The number of nitrogens with zero attached hydrogens (tertiary/aromatic N) is 2. The van der Waals surface area contributed by atoms with Crippen molar-refractivity contribution in [3.8, 4) is 5.75 Å². The molecule has 1 atom stereocenters. The highest BCUT2D eigenvalue weighted by atomic mass is 19.4. The summed E-state index contributed by atoms with van der Waals surface area (Å²) in [6, 6.07) is 8.11. The number of alkyl halides is 3. The van der Waals surface area contributed by atoms with Gasteiger partial charge in [-0.3, -0.25) is 9.69 Å². The first-order valence-electron chi connectivity index (χ1n) is 10.8. The number of benzene rings is 1. The number of nitrogens with one attached hydrogen (secondary N) is 2. The van der Waals surface area contributed by atoms with Crippen LogP contribution in [-0.2, 0) is 16.1 Å². The number of hydrogen-bond donors (Lipinski definition) is 3. The zero-order chi connectivity index (χ0) is 25.5. The number of amides is 3. The van der Waals surface area contributed by atoms with Gasteiger partial charge in [-0.1, -0.05) is 12.1 Å². The zero-order valence-corrected chi connectivity index (χ0v) is 19.4. The van der Waals surface area contributed by atoms with E-state index in [1.165, 1.54) is 5.56 Å². The standard InChI is InChI=1S/C20H30N4O3.C2HF3O2/c1-15(2)22-19(26)24-9-8-23(11-16-4-6-17(27-3)7-5-16)13-20(14-24)10-18(25)21-12-20;3-2(4,5)1(6)7/h4-7,15H,8-14H2,1-3H3,(H,21,25)(H,22,26);(H,6,7). The van der Waals surface area contributed by atoms with Crippen molar-refractivity contribution in [2.75, 3.05) is 39.8 Å². The molecule has 190 valence electrons. The molecular formula is C22H31F3N4O5. The van der Waals surface area contributed by atoms with Crippen LogP contribution < -0.4 is 15.4 Å². The molecule has 0 radical (unpaired) electrons. The van der Waals surface area contributed by atoms with Crippen molar-refractivity contribution in [3.05, 3.63) is 29.8 Å². The van der Waals surface area contributed by atoms with E-state index in [9.17, 15) is 22.8 Å². The number of carbonyl (C=O) groups is 3. The Balaban J connectivity index is 0.000000509. The van der Waals surface area contributed by atoms with E-state index in [0.29, 0.717) is 26.1 Å². The second-order valence-electron chi connectivity index (χ2n) is 8.84. The van der Waals surface area contributed by atoms with Gasteiger partial charge in [-0.05, 0) is 31.5 Å². The normalized spacial score (nSPS) is 20.9. The Morgan fingerprint density at radius 3 is 2.29 bits per heavy atom. The fourth-order valence-corrected chi connectivity index (χ4v) is 3.96. The van der Waals surface area contributed by atoms with Crippen LogP contribution in [0.5, 0.6) is 5.75 Å². The first kappa shape index (κ1) is 27.2. The van der Waals surface area contributed by atoms with Crippen molar-refractivity contribution in [2.45, 2.75) is 39.0 Å². The van der Waals surface area contributed by atoms with Crippen molar-refractivity contribution in [1.29, 1.82) is 0 Å². The summed E-state index contributed by atoms with van der Waals surface area (Å²) in [5.74, 6) is -1.84. The third-order valence-corrected chi connectivity index (χ3v) is 5.47. The van der Waals surface area contributed by atoms with Crippen LogP contribution in [0.4, 0.5) is 18.0 Å². The van der Waals surface area contributed by atoms with Gasteiger partial charge in [-0.2, -0.15) is 13.2 Å². The average Bonchev–Trinajstić information content (AvgIpc) is 3.00. The van der Waals surface area contributed by atoms with Gasteiger partial charge >= 0.3 is 18.2 Å². The summed E-state index contributed by atoms with van der Waals surface area (Å²) in [5, 5.41) is 13.1. The molecule has 34 heavy (non-hydrogen) atoms. The lowest BCUT2D eigenvalue weighted by Crippen LogP contribution is -2.48. The molecule has 0 aromatic heterocycles. The number of ether oxygens (including phenoxy) is 1. The van der Waals surface area contributed by atoms with E-state index in [-0.39, 0.29) is 23.4 Å². The van der Waals surface area contributed by atoms with E-state index in [1.54, 1.807) is 7.11 Å². The molecule has 2 heterocycles. The van der Waals surface area contributed by atoms with Gasteiger partial charge in [-0.15, -0.1) is 0 Å². The Kier molecular flexibility index (Phi) is 9.14. The van der Waals surface area contributed by atoms with Crippen molar-refractivity contribution in [3.63, 3.8) is 0 Å². The minimum absolute atomic E-state index is 0.0463. The summed E-state index contributed by atoms with van der Waals surface area (Å²) in [6.07, 6.45) is -4.61. The lowest BCUT2D eigenvalue weighted by molar-refractivity contribution is -0.192. The summed E-state index contributed by atoms with van der Waals surface area (Å²) in [4.78, 5) is 37.7. The summed E-state index contributed by atoms with van der Waals surface area (Å²) in [5.41, 5.74) is 0.970. The number of rotatable bonds is 4. The molecule has 0 aliphatic carbocycles.